The van der Waals surface area contributed by atoms with Crippen molar-refractivity contribution >= 4 is 23.4 Å². The molecule has 1 aromatic carbocycles. The van der Waals surface area contributed by atoms with E-state index in [2.05, 4.69) is 15.8 Å². The molecule has 0 atom stereocenters. The average Bonchev–Trinajstić information content (AvgIpc) is 2.48. The van der Waals surface area contributed by atoms with E-state index in [1.807, 2.05) is 0 Å². The lowest BCUT2D eigenvalue weighted by Crippen LogP contribution is -2.41. The average molecular weight is 292 g/mol. The molecule has 7 heteroatoms. The van der Waals surface area contributed by atoms with Crippen molar-refractivity contribution in [2.45, 2.75) is 0 Å². The van der Waals surface area contributed by atoms with E-state index in [9.17, 15) is 14.7 Å². The number of phenols is 1. The first-order valence-corrected chi connectivity index (χ1v) is 5.96. The van der Waals surface area contributed by atoms with Crippen molar-refractivity contribution in [3.63, 3.8) is 0 Å². The van der Waals surface area contributed by atoms with Gasteiger partial charge < -0.3 is 5.11 Å². The molecule has 0 fully saturated rings. The summed E-state index contributed by atoms with van der Waals surface area (Å²) >= 11 is 5.69. The summed E-state index contributed by atoms with van der Waals surface area (Å²) in [4.78, 5) is 27.2. The van der Waals surface area contributed by atoms with E-state index in [4.69, 9.17) is 11.6 Å². The van der Waals surface area contributed by atoms with Crippen LogP contribution >= 0.6 is 11.6 Å². The zero-order valence-electron chi connectivity index (χ0n) is 10.1. The van der Waals surface area contributed by atoms with Gasteiger partial charge in [0.15, 0.2) is 0 Å². The molecule has 0 aliphatic rings. The van der Waals surface area contributed by atoms with Crippen LogP contribution in [0.5, 0.6) is 5.75 Å². The van der Waals surface area contributed by atoms with Gasteiger partial charge in [-0.25, -0.2) is 0 Å². The SMILES string of the molecule is O=C(NNC(=O)c1ccccn1)c1ccc(O)c(Cl)c1. The summed E-state index contributed by atoms with van der Waals surface area (Å²) in [7, 11) is 0. The minimum absolute atomic E-state index is 0.0497. The summed E-state index contributed by atoms with van der Waals surface area (Å²) in [5.41, 5.74) is 4.83. The highest BCUT2D eigenvalue weighted by Gasteiger charge is 2.11. The van der Waals surface area contributed by atoms with Gasteiger partial charge in [0, 0.05) is 11.8 Å². The molecule has 1 heterocycles. The summed E-state index contributed by atoms with van der Waals surface area (Å²) < 4.78 is 0. The molecular weight excluding hydrogens is 282 g/mol. The maximum atomic E-state index is 11.8. The number of carbonyl (C=O) groups excluding carboxylic acids is 2. The van der Waals surface area contributed by atoms with Crippen LogP contribution in [0.25, 0.3) is 0 Å². The molecule has 0 aliphatic heterocycles. The quantitative estimate of drug-likeness (QED) is 0.732. The molecule has 0 unspecified atom stereocenters. The van der Waals surface area contributed by atoms with Gasteiger partial charge in [0.05, 0.1) is 5.02 Å². The molecule has 6 nitrogen and oxygen atoms in total. The number of aromatic hydroxyl groups is 1. The van der Waals surface area contributed by atoms with Crippen LogP contribution in [0.15, 0.2) is 42.6 Å². The van der Waals surface area contributed by atoms with Crippen molar-refractivity contribution in [1.29, 1.82) is 0 Å². The topological polar surface area (TPSA) is 91.3 Å². The smallest absolute Gasteiger partial charge is 0.288 e. The van der Waals surface area contributed by atoms with E-state index in [1.165, 1.54) is 30.5 Å². The zero-order valence-corrected chi connectivity index (χ0v) is 10.9. The Kier molecular flexibility index (Phi) is 4.17. The number of hydrazine groups is 1. The Morgan fingerprint density at radius 3 is 2.50 bits per heavy atom. The van der Waals surface area contributed by atoms with E-state index in [0.29, 0.717) is 0 Å². The molecule has 20 heavy (non-hydrogen) atoms. The molecule has 3 N–H and O–H groups in total. The number of pyridine rings is 1. The molecule has 102 valence electrons. The van der Waals surface area contributed by atoms with E-state index in [0.717, 1.165) is 0 Å². The molecule has 0 saturated carbocycles. The van der Waals surface area contributed by atoms with Gasteiger partial charge in [-0.05, 0) is 30.3 Å². The first-order chi connectivity index (χ1) is 9.58. The van der Waals surface area contributed by atoms with E-state index < -0.39 is 11.8 Å². The second kappa shape index (κ2) is 6.03. The van der Waals surface area contributed by atoms with Crippen molar-refractivity contribution in [3.05, 3.63) is 58.9 Å². The third-order valence-corrected chi connectivity index (χ3v) is 2.70. The Labute approximate surface area is 119 Å². The molecule has 2 amide bonds. The summed E-state index contributed by atoms with van der Waals surface area (Å²) in [6.07, 6.45) is 1.47. The van der Waals surface area contributed by atoms with Crippen LogP contribution in [-0.4, -0.2) is 21.9 Å². The third-order valence-electron chi connectivity index (χ3n) is 2.40. The van der Waals surface area contributed by atoms with Crippen LogP contribution in [0, 0.1) is 0 Å². The van der Waals surface area contributed by atoms with Crippen molar-refractivity contribution in [2.24, 2.45) is 0 Å². The van der Waals surface area contributed by atoms with Crippen molar-refractivity contribution in [3.8, 4) is 5.75 Å². The van der Waals surface area contributed by atoms with Crippen molar-refractivity contribution in [2.75, 3.05) is 0 Å². The molecule has 1 aromatic heterocycles. The number of nitrogens with one attached hydrogen (secondary N) is 2. The Balaban J connectivity index is 1.98. The van der Waals surface area contributed by atoms with E-state index in [-0.39, 0.29) is 22.0 Å². The van der Waals surface area contributed by atoms with E-state index in [1.54, 1.807) is 12.1 Å². The van der Waals surface area contributed by atoms with Crippen LogP contribution in [0.1, 0.15) is 20.8 Å². The zero-order chi connectivity index (χ0) is 14.5. The summed E-state index contributed by atoms with van der Waals surface area (Å²) in [6.45, 7) is 0. The number of benzene rings is 1. The minimum Gasteiger partial charge on any atom is -0.506 e. The largest absolute Gasteiger partial charge is 0.506 e. The van der Waals surface area contributed by atoms with Gasteiger partial charge in [-0.15, -0.1) is 0 Å². The summed E-state index contributed by atoms with van der Waals surface area (Å²) in [6, 6.07) is 8.80. The fourth-order valence-corrected chi connectivity index (χ4v) is 1.58. The predicted octanol–water partition coefficient (Wildman–Crippen LogP) is 1.52. The molecule has 2 rings (SSSR count). The van der Waals surface area contributed by atoms with Gasteiger partial charge in [-0.1, -0.05) is 17.7 Å². The number of hydrogen-bond acceptors (Lipinski definition) is 4. The maximum Gasteiger partial charge on any atom is 0.288 e. The highest BCUT2D eigenvalue weighted by Crippen LogP contribution is 2.23. The molecule has 0 spiro atoms. The van der Waals surface area contributed by atoms with Gasteiger partial charge >= 0.3 is 0 Å². The molecule has 0 bridgehead atoms. The Morgan fingerprint density at radius 2 is 1.85 bits per heavy atom. The van der Waals surface area contributed by atoms with Crippen LogP contribution < -0.4 is 10.9 Å². The number of aromatic nitrogens is 1. The lowest BCUT2D eigenvalue weighted by Gasteiger charge is -2.07. The van der Waals surface area contributed by atoms with Gasteiger partial charge in [0.25, 0.3) is 11.8 Å². The second-order valence-corrected chi connectivity index (χ2v) is 4.20. The number of nitrogens with zero attached hydrogens (tertiary/aromatic N) is 1. The first-order valence-electron chi connectivity index (χ1n) is 5.58. The fourth-order valence-electron chi connectivity index (χ4n) is 1.39. The summed E-state index contributed by atoms with van der Waals surface area (Å²) in [5, 5.41) is 9.30. The second-order valence-electron chi connectivity index (χ2n) is 3.79. The monoisotopic (exact) mass is 291 g/mol. The highest BCUT2D eigenvalue weighted by atomic mass is 35.5. The molecular formula is C13H10ClN3O3. The van der Waals surface area contributed by atoms with Crippen LogP contribution in [-0.2, 0) is 0 Å². The standard InChI is InChI=1S/C13H10ClN3O3/c14-9-7-8(4-5-11(9)18)12(19)16-17-13(20)10-3-1-2-6-15-10/h1-7,18H,(H,16,19)(H,17,20). The lowest BCUT2D eigenvalue weighted by molar-refractivity contribution is 0.0844. The van der Waals surface area contributed by atoms with Crippen LogP contribution in [0.2, 0.25) is 5.02 Å². The minimum atomic E-state index is -0.559. The predicted molar refractivity (Wildman–Crippen MR) is 72.3 cm³/mol. The fraction of sp³-hybridized carbons (Fsp3) is 0. The van der Waals surface area contributed by atoms with Crippen LogP contribution in [0.4, 0.5) is 0 Å². The Bertz CT molecular complexity index is 647. The first kappa shape index (κ1) is 13.8. The molecule has 0 saturated heterocycles. The normalized spacial score (nSPS) is 9.85. The van der Waals surface area contributed by atoms with Crippen molar-refractivity contribution in [1.82, 2.24) is 15.8 Å². The number of amides is 2. The summed E-state index contributed by atoms with van der Waals surface area (Å²) in [5.74, 6) is -1.22. The number of carbonyl (C=O) groups is 2. The number of phenolic OH excluding ortho intramolecular Hbond substituents is 1. The third kappa shape index (κ3) is 3.24. The van der Waals surface area contributed by atoms with Gasteiger partial charge in [0.2, 0.25) is 0 Å². The number of hydrogen-bond donors (Lipinski definition) is 3. The van der Waals surface area contributed by atoms with E-state index >= 15 is 0 Å². The molecule has 0 radical (unpaired) electrons. The number of halogens is 1. The van der Waals surface area contributed by atoms with Gasteiger partial charge in [-0.2, -0.15) is 0 Å². The Hall–Kier alpha value is -2.60. The maximum absolute atomic E-state index is 11.8. The lowest BCUT2D eigenvalue weighted by atomic mass is 10.2. The number of rotatable bonds is 2. The highest BCUT2D eigenvalue weighted by molar-refractivity contribution is 6.32. The van der Waals surface area contributed by atoms with Crippen LogP contribution in [0.3, 0.4) is 0 Å². The van der Waals surface area contributed by atoms with Gasteiger partial charge in [0.1, 0.15) is 11.4 Å². The Morgan fingerprint density at radius 1 is 1.10 bits per heavy atom. The molecule has 2 aromatic rings. The van der Waals surface area contributed by atoms with Crippen molar-refractivity contribution < 1.29 is 14.7 Å². The van der Waals surface area contributed by atoms with Gasteiger partial charge in [-0.3, -0.25) is 25.4 Å². The molecule has 0 aliphatic carbocycles.